The number of nitrogens with zero attached hydrogens (tertiary/aromatic N) is 2. The zero-order valence-electron chi connectivity index (χ0n) is 14.7. The Morgan fingerprint density at radius 2 is 2.32 bits per heavy atom. The van der Waals surface area contributed by atoms with Gasteiger partial charge in [-0.15, -0.1) is 0 Å². The van der Waals surface area contributed by atoms with E-state index < -0.39 is 0 Å². The lowest BCUT2D eigenvalue weighted by atomic mass is 9.67. The molecule has 0 radical (unpaired) electrons. The van der Waals surface area contributed by atoms with Gasteiger partial charge in [-0.1, -0.05) is 25.0 Å². The molecule has 2 heterocycles. The number of carbonyl (C=O) groups excluding carboxylic acids is 1. The van der Waals surface area contributed by atoms with E-state index in [0.29, 0.717) is 5.92 Å². The minimum atomic E-state index is -0.202. The molecule has 1 unspecified atom stereocenters. The van der Waals surface area contributed by atoms with Gasteiger partial charge in [0, 0.05) is 18.9 Å². The minimum Gasteiger partial charge on any atom is -0.349 e. The third kappa shape index (κ3) is 2.97. The normalized spacial score (nSPS) is 26.8. The van der Waals surface area contributed by atoms with Crippen LogP contribution in [0.1, 0.15) is 44.2 Å². The summed E-state index contributed by atoms with van der Waals surface area (Å²) in [6.45, 7) is 3.87. The van der Waals surface area contributed by atoms with Crippen LogP contribution in [0.15, 0.2) is 42.7 Å². The number of fused-ring (bicyclic) bond motifs is 1. The van der Waals surface area contributed by atoms with Crippen LogP contribution < -0.4 is 10.6 Å². The van der Waals surface area contributed by atoms with Gasteiger partial charge < -0.3 is 10.6 Å². The van der Waals surface area contributed by atoms with Crippen LogP contribution in [0.3, 0.4) is 0 Å². The summed E-state index contributed by atoms with van der Waals surface area (Å²) in [7, 11) is 0. The highest BCUT2D eigenvalue weighted by molar-refractivity contribution is 5.84. The molecule has 1 aromatic heterocycles. The van der Waals surface area contributed by atoms with Crippen molar-refractivity contribution in [2.24, 2.45) is 11.3 Å². The summed E-state index contributed by atoms with van der Waals surface area (Å²) in [5.74, 6) is 0.711. The Labute approximate surface area is 148 Å². The van der Waals surface area contributed by atoms with Crippen molar-refractivity contribution in [2.75, 3.05) is 13.1 Å². The Hall–Kier alpha value is -2.14. The summed E-state index contributed by atoms with van der Waals surface area (Å²) in [5.41, 5.74) is 1.92. The number of amides is 1. The van der Waals surface area contributed by atoms with Crippen LogP contribution in [0, 0.1) is 11.3 Å². The lowest BCUT2D eigenvalue weighted by Gasteiger charge is -2.38. The van der Waals surface area contributed by atoms with Crippen LogP contribution in [0.5, 0.6) is 0 Å². The van der Waals surface area contributed by atoms with Crippen LogP contribution in [0.2, 0.25) is 0 Å². The van der Waals surface area contributed by atoms with Crippen molar-refractivity contribution < 1.29 is 4.79 Å². The second-order valence-electron chi connectivity index (χ2n) is 7.47. The number of hydrogen-bond donors (Lipinski definition) is 2. The third-order valence-corrected chi connectivity index (χ3v) is 5.98. The molecular weight excluding hydrogens is 312 g/mol. The smallest absolute Gasteiger partial charge is 0.228 e. The van der Waals surface area contributed by atoms with E-state index in [1.54, 1.807) is 6.20 Å². The molecule has 3 atom stereocenters. The zero-order valence-corrected chi connectivity index (χ0v) is 14.7. The molecule has 5 heteroatoms. The molecule has 0 spiro atoms. The molecule has 1 saturated carbocycles. The summed E-state index contributed by atoms with van der Waals surface area (Å²) < 4.78 is 1.84. The largest absolute Gasteiger partial charge is 0.349 e. The van der Waals surface area contributed by atoms with Gasteiger partial charge in [-0.25, -0.2) is 4.68 Å². The maximum atomic E-state index is 13.1. The van der Waals surface area contributed by atoms with E-state index in [1.807, 2.05) is 29.1 Å². The molecule has 132 valence electrons. The van der Waals surface area contributed by atoms with Crippen molar-refractivity contribution in [2.45, 2.75) is 38.6 Å². The minimum absolute atomic E-state index is 0.0134. The maximum absolute atomic E-state index is 13.1. The topological polar surface area (TPSA) is 59.0 Å². The van der Waals surface area contributed by atoms with E-state index in [4.69, 9.17) is 0 Å². The lowest BCUT2D eigenvalue weighted by molar-refractivity contribution is -0.134. The maximum Gasteiger partial charge on any atom is 0.228 e. The molecule has 0 bridgehead atoms. The van der Waals surface area contributed by atoms with Gasteiger partial charge in [-0.05, 0) is 56.0 Å². The van der Waals surface area contributed by atoms with Gasteiger partial charge in [0.1, 0.15) is 0 Å². The Bertz CT molecular complexity index is 742. The van der Waals surface area contributed by atoms with Gasteiger partial charge in [-0.3, -0.25) is 4.79 Å². The SMILES string of the molecule is CC(NC(=O)[C@@]12CCCC[C@H]1CNC2)c1cccc(-n2cccn2)c1. The van der Waals surface area contributed by atoms with Crippen LogP contribution in [0.25, 0.3) is 5.69 Å². The molecule has 2 aliphatic rings. The van der Waals surface area contributed by atoms with Crippen molar-refractivity contribution in [3.8, 4) is 5.69 Å². The summed E-state index contributed by atoms with van der Waals surface area (Å²) in [4.78, 5) is 13.1. The lowest BCUT2D eigenvalue weighted by Crippen LogP contribution is -2.48. The Morgan fingerprint density at radius 3 is 3.16 bits per heavy atom. The van der Waals surface area contributed by atoms with Crippen molar-refractivity contribution in [1.29, 1.82) is 0 Å². The Balaban J connectivity index is 1.51. The van der Waals surface area contributed by atoms with Gasteiger partial charge in [0.15, 0.2) is 0 Å². The first kappa shape index (κ1) is 16.3. The quantitative estimate of drug-likeness (QED) is 0.901. The summed E-state index contributed by atoms with van der Waals surface area (Å²) in [5, 5.41) is 11.0. The van der Waals surface area contributed by atoms with Gasteiger partial charge in [0.25, 0.3) is 0 Å². The van der Waals surface area contributed by atoms with Crippen molar-refractivity contribution in [1.82, 2.24) is 20.4 Å². The highest BCUT2D eigenvalue weighted by Gasteiger charge is 2.49. The number of benzene rings is 1. The molecule has 4 rings (SSSR count). The van der Waals surface area contributed by atoms with Crippen molar-refractivity contribution in [3.63, 3.8) is 0 Å². The van der Waals surface area contributed by atoms with Gasteiger partial charge in [0.05, 0.1) is 17.1 Å². The predicted octanol–water partition coefficient (Wildman–Crippen LogP) is 2.83. The van der Waals surface area contributed by atoms with Crippen molar-refractivity contribution >= 4 is 5.91 Å². The molecule has 1 aliphatic heterocycles. The first-order valence-corrected chi connectivity index (χ1v) is 9.31. The second kappa shape index (κ2) is 6.64. The van der Waals surface area contributed by atoms with E-state index in [2.05, 4.69) is 34.8 Å². The second-order valence-corrected chi connectivity index (χ2v) is 7.47. The van der Waals surface area contributed by atoms with Gasteiger partial charge in [0.2, 0.25) is 5.91 Å². The van der Waals surface area contributed by atoms with E-state index in [0.717, 1.165) is 37.2 Å². The highest BCUT2D eigenvalue weighted by Crippen LogP contribution is 2.44. The van der Waals surface area contributed by atoms with Crippen molar-refractivity contribution in [3.05, 3.63) is 48.3 Å². The standard InChI is InChI=1S/C20H26N4O/c1-15(16-6-4-8-18(12-16)24-11-5-10-22-24)23-19(25)20-9-3-2-7-17(20)13-21-14-20/h4-6,8,10-12,15,17,21H,2-3,7,9,13-14H2,1H3,(H,23,25)/t15?,17-,20+/m0/s1. The highest BCUT2D eigenvalue weighted by atomic mass is 16.2. The monoisotopic (exact) mass is 338 g/mol. The number of carbonyl (C=O) groups is 1. The molecule has 2 aromatic rings. The van der Waals surface area contributed by atoms with E-state index in [-0.39, 0.29) is 17.4 Å². The first-order valence-electron chi connectivity index (χ1n) is 9.31. The summed E-state index contributed by atoms with van der Waals surface area (Å²) in [6, 6.07) is 10.1. The molecule has 2 fully saturated rings. The molecule has 5 nitrogen and oxygen atoms in total. The fourth-order valence-electron chi connectivity index (χ4n) is 4.47. The van der Waals surface area contributed by atoms with Gasteiger partial charge in [-0.2, -0.15) is 5.10 Å². The fourth-order valence-corrected chi connectivity index (χ4v) is 4.47. The van der Waals surface area contributed by atoms with E-state index in [1.165, 1.54) is 12.8 Å². The zero-order chi connectivity index (χ0) is 17.3. The van der Waals surface area contributed by atoms with Crippen LogP contribution >= 0.6 is 0 Å². The first-order chi connectivity index (χ1) is 12.2. The van der Waals surface area contributed by atoms with E-state index >= 15 is 0 Å². The molecule has 25 heavy (non-hydrogen) atoms. The Kier molecular flexibility index (Phi) is 4.34. The molecule has 1 saturated heterocycles. The Morgan fingerprint density at radius 1 is 1.40 bits per heavy atom. The van der Waals surface area contributed by atoms with Gasteiger partial charge >= 0.3 is 0 Å². The number of hydrogen-bond acceptors (Lipinski definition) is 3. The van der Waals surface area contributed by atoms with E-state index in [9.17, 15) is 4.79 Å². The molecule has 1 aromatic carbocycles. The van der Waals surface area contributed by atoms with Crippen LogP contribution in [-0.4, -0.2) is 28.8 Å². The predicted molar refractivity (Wildman–Crippen MR) is 97.4 cm³/mol. The molecule has 1 amide bonds. The third-order valence-electron chi connectivity index (χ3n) is 5.98. The average Bonchev–Trinajstić information content (AvgIpc) is 3.32. The van der Waals surface area contributed by atoms with Crippen LogP contribution in [-0.2, 0) is 4.79 Å². The summed E-state index contributed by atoms with van der Waals surface area (Å²) >= 11 is 0. The van der Waals surface area contributed by atoms with Crippen LogP contribution in [0.4, 0.5) is 0 Å². The number of nitrogens with one attached hydrogen (secondary N) is 2. The number of rotatable bonds is 4. The molecule has 1 aliphatic carbocycles. The molecule has 2 N–H and O–H groups in total. The molecular formula is C20H26N4O. The number of aromatic nitrogens is 2. The fraction of sp³-hybridized carbons (Fsp3) is 0.500. The summed E-state index contributed by atoms with van der Waals surface area (Å²) in [6.07, 6.45) is 8.29. The average molecular weight is 338 g/mol.